The van der Waals surface area contributed by atoms with Crippen LogP contribution >= 0.6 is 0 Å². The maximum atomic E-state index is 11.2. The van der Waals surface area contributed by atoms with E-state index in [-0.39, 0.29) is 23.8 Å². The second-order valence-corrected chi connectivity index (χ2v) is 3.78. The Kier molecular flexibility index (Phi) is 1.67. The van der Waals surface area contributed by atoms with Gasteiger partial charge in [-0.2, -0.15) is 0 Å². The highest BCUT2D eigenvalue weighted by molar-refractivity contribution is 5.96. The Morgan fingerprint density at radius 3 is 2.67 bits per heavy atom. The summed E-state index contributed by atoms with van der Waals surface area (Å²) in [6, 6.07) is 0. The predicted octanol–water partition coefficient (Wildman–Crippen LogP) is 1.12. The molecular formula is C9H12O3. The van der Waals surface area contributed by atoms with Crippen molar-refractivity contribution >= 4 is 11.9 Å². The maximum Gasteiger partial charge on any atom is 0.317 e. The highest BCUT2D eigenvalue weighted by Crippen LogP contribution is 2.40. The zero-order chi connectivity index (χ0) is 8.72. The molecule has 1 saturated carbocycles. The Bertz CT molecular complexity index is 234. The molecule has 0 bridgehead atoms. The minimum absolute atomic E-state index is 0.124. The minimum atomic E-state index is -0.295. The van der Waals surface area contributed by atoms with Crippen molar-refractivity contribution in [2.45, 2.75) is 26.2 Å². The molecule has 0 aromatic rings. The van der Waals surface area contributed by atoms with Crippen LogP contribution in [0, 0.1) is 17.8 Å². The van der Waals surface area contributed by atoms with E-state index in [9.17, 15) is 9.59 Å². The van der Waals surface area contributed by atoms with Gasteiger partial charge < -0.3 is 4.74 Å². The van der Waals surface area contributed by atoms with Gasteiger partial charge in [-0.05, 0) is 18.8 Å². The fourth-order valence-corrected chi connectivity index (χ4v) is 2.32. The van der Waals surface area contributed by atoms with E-state index in [0.29, 0.717) is 5.92 Å². The van der Waals surface area contributed by atoms with E-state index in [2.05, 4.69) is 4.74 Å². The fraction of sp³-hybridized carbons (Fsp3) is 0.778. The Hall–Kier alpha value is -0.860. The Labute approximate surface area is 71.1 Å². The van der Waals surface area contributed by atoms with Crippen molar-refractivity contribution in [1.29, 1.82) is 0 Å². The van der Waals surface area contributed by atoms with E-state index in [1.807, 2.05) is 6.92 Å². The molecule has 1 aliphatic heterocycles. The van der Waals surface area contributed by atoms with Crippen LogP contribution in [0.25, 0.3) is 0 Å². The molecule has 0 amide bonds. The zero-order valence-corrected chi connectivity index (χ0v) is 7.08. The van der Waals surface area contributed by atoms with E-state index in [4.69, 9.17) is 0 Å². The molecule has 3 heteroatoms. The van der Waals surface area contributed by atoms with Gasteiger partial charge in [-0.25, -0.2) is 0 Å². The number of carbonyl (C=O) groups excluding carboxylic acids is 2. The molecule has 0 radical (unpaired) electrons. The largest absolute Gasteiger partial charge is 0.393 e. The summed E-state index contributed by atoms with van der Waals surface area (Å²) in [6.45, 7) is 2.02. The van der Waals surface area contributed by atoms with Crippen molar-refractivity contribution in [3.63, 3.8) is 0 Å². The third kappa shape index (κ3) is 0.958. The summed E-state index contributed by atoms with van der Waals surface area (Å²) in [4.78, 5) is 22.3. The molecule has 1 heterocycles. The lowest BCUT2D eigenvalue weighted by atomic mass is 9.74. The van der Waals surface area contributed by atoms with Gasteiger partial charge in [-0.3, -0.25) is 9.59 Å². The lowest BCUT2D eigenvalue weighted by molar-refractivity contribution is -0.154. The summed E-state index contributed by atoms with van der Waals surface area (Å²) < 4.78 is 4.60. The monoisotopic (exact) mass is 168 g/mol. The van der Waals surface area contributed by atoms with Crippen LogP contribution < -0.4 is 0 Å². The fourth-order valence-electron chi connectivity index (χ4n) is 2.32. The average Bonchev–Trinajstić information content (AvgIpc) is 2.29. The smallest absolute Gasteiger partial charge is 0.317 e. The van der Waals surface area contributed by atoms with Crippen LogP contribution in [0.2, 0.25) is 0 Å². The first kappa shape index (κ1) is 7.77. The summed E-state index contributed by atoms with van der Waals surface area (Å²) >= 11 is 0. The van der Waals surface area contributed by atoms with Crippen LogP contribution in [0.3, 0.4) is 0 Å². The van der Waals surface area contributed by atoms with Gasteiger partial charge in [-0.1, -0.05) is 13.3 Å². The number of cyclic esters (lactones) is 2. The highest BCUT2D eigenvalue weighted by atomic mass is 16.6. The molecular weight excluding hydrogens is 156 g/mol. The Balaban J connectivity index is 2.24. The van der Waals surface area contributed by atoms with Gasteiger partial charge >= 0.3 is 11.9 Å². The van der Waals surface area contributed by atoms with Crippen LogP contribution in [0.1, 0.15) is 26.2 Å². The predicted molar refractivity (Wildman–Crippen MR) is 41.1 cm³/mol. The topological polar surface area (TPSA) is 43.4 Å². The van der Waals surface area contributed by atoms with Crippen molar-refractivity contribution in [3.05, 3.63) is 0 Å². The molecule has 2 fully saturated rings. The number of rotatable bonds is 0. The summed E-state index contributed by atoms with van der Waals surface area (Å²) in [5.74, 6) is -0.524. The normalized spacial score (nSPS) is 40.9. The summed E-state index contributed by atoms with van der Waals surface area (Å²) in [6.07, 6.45) is 2.92. The van der Waals surface area contributed by atoms with E-state index < -0.39 is 0 Å². The first-order valence-corrected chi connectivity index (χ1v) is 4.45. The van der Waals surface area contributed by atoms with Gasteiger partial charge in [0.25, 0.3) is 0 Å². The summed E-state index contributed by atoms with van der Waals surface area (Å²) in [5, 5.41) is 0. The standard InChI is InChI=1S/C9H12O3/c1-5-3-2-4-6-7(5)9(11)12-8(6)10/h5-7H,2-4H2,1H3/t5-,6-,7+/m1/s1. The molecule has 66 valence electrons. The number of ether oxygens (including phenoxy) is 1. The van der Waals surface area contributed by atoms with Crippen molar-refractivity contribution in [2.75, 3.05) is 0 Å². The molecule has 1 saturated heterocycles. The molecule has 0 N–H and O–H groups in total. The summed E-state index contributed by atoms with van der Waals surface area (Å²) in [5.41, 5.74) is 0. The van der Waals surface area contributed by atoms with Gasteiger partial charge in [0, 0.05) is 0 Å². The molecule has 3 nitrogen and oxygen atoms in total. The Morgan fingerprint density at radius 2 is 2.00 bits per heavy atom. The van der Waals surface area contributed by atoms with Crippen LogP contribution in [0.5, 0.6) is 0 Å². The molecule has 1 aliphatic carbocycles. The molecule has 0 aromatic heterocycles. The number of carbonyl (C=O) groups is 2. The second-order valence-electron chi connectivity index (χ2n) is 3.78. The van der Waals surface area contributed by atoms with Gasteiger partial charge in [-0.15, -0.1) is 0 Å². The van der Waals surface area contributed by atoms with E-state index in [1.165, 1.54) is 0 Å². The second kappa shape index (κ2) is 2.57. The Morgan fingerprint density at radius 1 is 1.25 bits per heavy atom. The van der Waals surface area contributed by atoms with Crippen LogP contribution in [0.15, 0.2) is 0 Å². The van der Waals surface area contributed by atoms with Crippen molar-refractivity contribution < 1.29 is 14.3 Å². The molecule has 0 aromatic carbocycles. The first-order chi connectivity index (χ1) is 5.70. The van der Waals surface area contributed by atoms with Crippen molar-refractivity contribution in [2.24, 2.45) is 17.8 Å². The lowest BCUT2D eigenvalue weighted by Crippen LogP contribution is -2.28. The van der Waals surface area contributed by atoms with Gasteiger partial charge in [0.1, 0.15) is 0 Å². The first-order valence-electron chi connectivity index (χ1n) is 4.45. The number of esters is 2. The minimum Gasteiger partial charge on any atom is -0.393 e. The van der Waals surface area contributed by atoms with Crippen LogP contribution in [-0.4, -0.2) is 11.9 Å². The quantitative estimate of drug-likeness (QED) is 0.402. The van der Waals surface area contributed by atoms with Crippen molar-refractivity contribution in [1.82, 2.24) is 0 Å². The molecule has 0 unspecified atom stereocenters. The zero-order valence-electron chi connectivity index (χ0n) is 7.08. The molecule has 2 aliphatic rings. The molecule has 0 spiro atoms. The average molecular weight is 168 g/mol. The van der Waals surface area contributed by atoms with Gasteiger partial charge in [0.2, 0.25) is 0 Å². The van der Waals surface area contributed by atoms with Crippen LogP contribution in [-0.2, 0) is 14.3 Å². The van der Waals surface area contributed by atoms with E-state index in [0.717, 1.165) is 19.3 Å². The SMILES string of the molecule is C[C@@H]1CCC[C@H]2C(=O)OC(=O)[C@@H]12. The lowest BCUT2D eigenvalue weighted by Gasteiger charge is -2.25. The molecule has 12 heavy (non-hydrogen) atoms. The molecule has 3 atom stereocenters. The maximum absolute atomic E-state index is 11.2. The van der Waals surface area contributed by atoms with Gasteiger partial charge in [0.15, 0.2) is 0 Å². The van der Waals surface area contributed by atoms with E-state index >= 15 is 0 Å². The number of hydrogen-bond donors (Lipinski definition) is 0. The van der Waals surface area contributed by atoms with Crippen LogP contribution in [0.4, 0.5) is 0 Å². The van der Waals surface area contributed by atoms with E-state index in [1.54, 1.807) is 0 Å². The highest BCUT2D eigenvalue weighted by Gasteiger charge is 2.48. The number of hydrogen-bond acceptors (Lipinski definition) is 3. The third-order valence-corrected chi connectivity index (χ3v) is 3.00. The van der Waals surface area contributed by atoms with Crippen molar-refractivity contribution in [3.8, 4) is 0 Å². The summed E-state index contributed by atoms with van der Waals surface area (Å²) in [7, 11) is 0. The molecule has 2 rings (SSSR count). The van der Waals surface area contributed by atoms with Gasteiger partial charge in [0.05, 0.1) is 11.8 Å². The number of fused-ring (bicyclic) bond motifs is 1. The third-order valence-electron chi connectivity index (χ3n) is 3.00.